The van der Waals surface area contributed by atoms with Crippen LogP contribution in [0.5, 0.6) is 0 Å². The summed E-state index contributed by atoms with van der Waals surface area (Å²) in [5.41, 5.74) is 0. The summed E-state index contributed by atoms with van der Waals surface area (Å²) in [6.45, 7) is 4.18. The van der Waals surface area contributed by atoms with Crippen molar-refractivity contribution in [1.82, 2.24) is 0 Å². The van der Waals surface area contributed by atoms with E-state index >= 15 is 0 Å². The summed E-state index contributed by atoms with van der Waals surface area (Å²) in [4.78, 5) is 10.2. The number of alkyl halides is 1. The molecule has 0 bridgehead atoms. The highest BCUT2D eigenvalue weighted by Crippen LogP contribution is 2.22. The fourth-order valence-electron chi connectivity index (χ4n) is 1.30. The molecule has 0 aromatic heterocycles. The highest BCUT2D eigenvalue weighted by Gasteiger charge is 2.16. The summed E-state index contributed by atoms with van der Waals surface area (Å²) >= 11 is 6.03. The van der Waals surface area contributed by atoms with Crippen LogP contribution >= 0.6 is 11.6 Å². The van der Waals surface area contributed by atoms with Crippen molar-refractivity contribution in [2.45, 2.75) is 44.9 Å². The highest BCUT2D eigenvalue weighted by molar-refractivity contribution is 6.20. The van der Waals surface area contributed by atoms with E-state index in [1.807, 2.05) is 0 Å². The normalized spacial score (nSPS) is 13.3. The predicted octanol–water partition coefficient (Wildman–Crippen LogP) is 2.89. The van der Waals surface area contributed by atoms with Gasteiger partial charge in [0.25, 0.3) is 0 Å². The van der Waals surface area contributed by atoms with Crippen molar-refractivity contribution >= 4 is 17.6 Å². The van der Waals surface area contributed by atoms with Gasteiger partial charge in [0.15, 0.2) is 0 Å². The summed E-state index contributed by atoms with van der Waals surface area (Å²) in [5, 5.41) is 8.46. The Bertz CT molecular complexity index is 132. The lowest BCUT2D eigenvalue weighted by Gasteiger charge is -2.17. The average molecular weight is 193 g/mol. The first-order valence-corrected chi connectivity index (χ1v) is 4.91. The second-order valence-electron chi connectivity index (χ2n) is 3.02. The van der Waals surface area contributed by atoms with E-state index in [2.05, 4.69) is 13.8 Å². The van der Waals surface area contributed by atoms with Crippen molar-refractivity contribution in [3.8, 4) is 0 Å². The zero-order valence-corrected chi connectivity index (χ0v) is 8.47. The van der Waals surface area contributed by atoms with Crippen LogP contribution in [0.3, 0.4) is 0 Å². The number of hydrogen-bond acceptors (Lipinski definition) is 1. The Hall–Kier alpha value is -0.240. The van der Waals surface area contributed by atoms with Crippen LogP contribution in [0.15, 0.2) is 0 Å². The largest absolute Gasteiger partial charge is 0.481 e. The lowest BCUT2D eigenvalue weighted by molar-refractivity contribution is -0.137. The molecule has 2 nitrogen and oxygen atoms in total. The lowest BCUT2D eigenvalue weighted by Crippen LogP contribution is -2.14. The molecule has 0 aliphatic rings. The number of hydrogen-bond donors (Lipinski definition) is 1. The van der Waals surface area contributed by atoms with Crippen LogP contribution in [0.4, 0.5) is 0 Å². The van der Waals surface area contributed by atoms with E-state index in [1.165, 1.54) is 0 Å². The third-order valence-electron chi connectivity index (χ3n) is 2.19. The summed E-state index contributed by atoms with van der Waals surface area (Å²) in [5.74, 6) is -0.294. The second kappa shape index (κ2) is 6.30. The molecular weight excluding hydrogens is 176 g/mol. The third-order valence-corrected chi connectivity index (χ3v) is 2.77. The Kier molecular flexibility index (Phi) is 6.17. The Balaban J connectivity index is 3.68. The summed E-state index contributed by atoms with van der Waals surface area (Å²) in [6, 6.07) is 0. The maximum absolute atomic E-state index is 10.2. The van der Waals surface area contributed by atoms with Gasteiger partial charge in [-0.25, -0.2) is 0 Å². The Labute approximate surface area is 78.9 Å². The molecule has 0 aromatic rings. The van der Waals surface area contributed by atoms with Crippen molar-refractivity contribution < 1.29 is 9.90 Å². The molecule has 1 N–H and O–H groups in total. The smallest absolute Gasteiger partial charge is 0.303 e. The van der Waals surface area contributed by atoms with Gasteiger partial charge in [0.1, 0.15) is 0 Å². The molecule has 0 fully saturated rings. The van der Waals surface area contributed by atoms with E-state index in [4.69, 9.17) is 16.7 Å². The molecule has 72 valence electrons. The minimum Gasteiger partial charge on any atom is -0.481 e. The molecule has 0 aliphatic carbocycles. The molecule has 0 aromatic carbocycles. The quantitative estimate of drug-likeness (QED) is 0.658. The highest BCUT2D eigenvalue weighted by atomic mass is 35.5. The van der Waals surface area contributed by atoms with Crippen LogP contribution in [-0.4, -0.2) is 16.5 Å². The SMILES string of the molecule is CCC(CC)C(Cl)CCC(=O)O. The summed E-state index contributed by atoms with van der Waals surface area (Å²) in [7, 11) is 0. The zero-order chi connectivity index (χ0) is 9.56. The van der Waals surface area contributed by atoms with Gasteiger partial charge in [0.05, 0.1) is 0 Å². The van der Waals surface area contributed by atoms with Gasteiger partial charge in [-0.2, -0.15) is 0 Å². The van der Waals surface area contributed by atoms with Crippen LogP contribution in [0, 0.1) is 5.92 Å². The van der Waals surface area contributed by atoms with E-state index in [0.717, 1.165) is 12.8 Å². The number of halogens is 1. The Morgan fingerprint density at radius 1 is 1.42 bits per heavy atom. The van der Waals surface area contributed by atoms with Crippen LogP contribution in [0.2, 0.25) is 0 Å². The van der Waals surface area contributed by atoms with Crippen molar-refractivity contribution in [1.29, 1.82) is 0 Å². The predicted molar refractivity (Wildman–Crippen MR) is 50.6 cm³/mol. The van der Waals surface area contributed by atoms with E-state index in [-0.39, 0.29) is 11.8 Å². The summed E-state index contributed by atoms with van der Waals surface area (Å²) in [6.07, 6.45) is 2.84. The van der Waals surface area contributed by atoms with Crippen molar-refractivity contribution in [2.24, 2.45) is 5.92 Å². The lowest BCUT2D eigenvalue weighted by atomic mass is 9.96. The molecule has 0 rings (SSSR count). The van der Waals surface area contributed by atoms with E-state index in [9.17, 15) is 4.79 Å². The van der Waals surface area contributed by atoms with E-state index in [0.29, 0.717) is 12.3 Å². The van der Waals surface area contributed by atoms with Crippen LogP contribution in [0.25, 0.3) is 0 Å². The maximum atomic E-state index is 10.2. The fraction of sp³-hybridized carbons (Fsp3) is 0.889. The first-order valence-electron chi connectivity index (χ1n) is 4.47. The van der Waals surface area contributed by atoms with Gasteiger partial charge in [0.2, 0.25) is 0 Å². The van der Waals surface area contributed by atoms with Gasteiger partial charge in [-0.15, -0.1) is 11.6 Å². The van der Waals surface area contributed by atoms with E-state index < -0.39 is 5.97 Å². The monoisotopic (exact) mass is 192 g/mol. The molecule has 0 heterocycles. The van der Waals surface area contributed by atoms with Crippen LogP contribution in [-0.2, 0) is 4.79 Å². The number of carbonyl (C=O) groups is 1. The molecule has 0 radical (unpaired) electrons. The van der Waals surface area contributed by atoms with Crippen molar-refractivity contribution in [3.63, 3.8) is 0 Å². The van der Waals surface area contributed by atoms with Crippen LogP contribution in [0.1, 0.15) is 39.5 Å². The molecule has 0 amide bonds. The van der Waals surface area contributed by atoms with Gasteiger partial charge < -0.3 is 5.11 Å². The molecular formula is C9H17ClO2. The maximum Gasteiger partial charge on any atom is 0.303 e. The third kappa shape index (κ3) is 4.60. The molecule has 3 heteroatoms. The van der Waals surface area contributed by atoms with Crippen molar-refractivity contribution in [3.05, 3.63) is 0 Å². The molecule has 1 atom stereocenters. The van der Waals surface area contributed by atoms with Gasteiger partial charge >= 0.3 is 5.97 Å². The average Bonchev–Trinajstić information content (AvgIpc) is 2.03. The molecule has 0 spiro atoms. The standard InChI is InChI=1S/C9H17ClO2/c1-3-7(4-2)8(10)5-6-9(11)12/h7-8H,3-6H2,1-2H3,(H,11,12). The minimum atomic E-state index is -0.758. The first-order chi connectivity index (χ1) is 5.61. The van der Waals surface area contributed by atoms with Crippen LogP contribution < -0.4 is 0 Å². The fourth-order valence-corrected chi connectivity index (χ4v) is 1.76. The first kappa shape index (κ1) is 11.8. The minimum absolute atomic E-state index is 0.0242. The topological polar surface area (TPSA) is 37.3 Å². The number of carboxylic acid groups (broad SMARTS) is 1. The number of rotatable bonds is 6. The van der Waals surface area contributed by atoms with Gasteiger partial charge in [0, 0.05) is 11.8 Å². The molecule has 1 unspecified atom stereocenters. The Morgan fingerprint density at radius 3 is 2.25 bits per heavy atom. The number of carboxylic acids is 1. The molecule has 0 aliphatic heterocycles. The summed E-state index contributed by atoms with van der Waals surface area (Å²) < 4.78 is 0. The second-order valence-corrected chi connectivity index (χ2v) is 3.59. The molecule has 0 saturated heterocycles. The van der Waals surface area contributed by atoms with Gasteiger partial charge in [-0.3, -0.25) is 4.79 Å². The van der Waals surface area contributed by atoms with Gasteiger partial charge in [-0.05, 0) is 12.3 Å². The molecule has 0 saturated carbocycles. The molecule has 12 heavy (non-hydrogen) atoms. The van der Waals surface area contributed by atoms with Gasteiger partial charge in [-0.1, -0.05) is 26.7 Å². The Morgan fingerprint density at radius 2 is 1.92 bits per heavy atom. The number of aliphatic carboxylic acids is 1. The van der Waals surface area contributed by atoms with Crippen molar-refractivity contribution in [2.75, 3.05) is 0 Å². The van der Waals surface area contributed by atoms with E-state index in [1.54, 1.807) is 0 Å². The zero-order valence-electron chi connectivity index (χ0n) is 7.72.